The lowest BCUT2D eigenvalue weighted by Crippen LogP contribution is -2.69. The van der Waals surface area contributed by atoms with Gasteiger partial charge >= 0.3 is 5.97 Å². The fraction of sp³-hybridized carbons (Fsp3) is 0.722. The monoisotopic (exact) mass is 446 g/mol. The average Bonchev–Trinajstić information content (AvgIpc) is 2.84. The number of amides is 2. The van der Waals surface area contributed by atoms with Gasteiger partial charge in [0.25, 0.3) is 0 Å². The van der Waals surface area contributed by atoms with Crippen LogP contribution in [0.4, 0.5) is 0 Å². The van der Waals surface area contributed by atoms with Gasteiger partial charge in [-0.15, -0.1) is 11.8 Å². The van der Waals surface area contributed by atoms with Gasteiger partial charge in [-0.25, -0.2) is 4.79 Å². The largest absolute Gasteiger partial charge is 0.477 e. The van der Waals surface area contributed by atoms with E-state index in [2.05, 4.69) is 13.1 Å². The molecule has 0 spiro atoms. The average molecular weight is 447 g/mol. The number of aliphatic carboxylic acids is 1. The van der Waals surface area contributed by atoms with Crippen molar-refractivity contribution in [1.82, 2.24) is 4.90 Å². The van der Waals surface area contributed by atoms with Crippen LogP contribution in [-0.4, -0.2) is 53.1 Å². The number of carboxylic acid groups (broad SMARTS) is 1. The third kappa shape index (κ3) is 3.88. The number of nitrogens with zero attached hydrogens (tertiary/aromatic N) is 1. The molecule has 2 rings (SSSR count). The Balaban J connectivity index is 2.39. The minimum absolute atomic E-state index is 0.0426. The number of primary amides is 1. The molecule has 1 saturated heterocycles. The van der Waals surface area contributed by atoms with Crippen molar-refractivity contribution < 1.29 is 23.9 Å². The van der Waals surface area contributed by atoms with Crippen molar-refractivity contribution in [3.63, 3.8) is 0 Å². The van der Waals surface area contributed by atoms with E-state index in [1.165, 1.54) is 16.7 Å². The quantitative estimate of drug-likeness (QED) is 0.435. The second kappa shape index (κ2) is 8.04. The molecule has 2 aliphatic rings. The minimum Gasteiger partial charge on any atom is -0.477 e. The van der Waals surface area contributed by atoms with E-state index >= 15 is 0 Å². The van der Waals surface area contributed by atoms with Crippen LogP contribution in [-0.2, 0) is 18.8 Å². The molecule has 4 atom stereocenters. The highest BCUT2D eigenvalue weighted by molar-refractivity contribution is 8.23. The Morgan fingerprint density at radius 1 is 1.36 bits per heavy atom. The molecule has 7 nitrogen and oxygen atoms in total. The molecule has 0 saturated carbocycles. The molecule has 158 valence electrons. The van der Waals surface area contributed by atoms with Gasteiger partial charge in [0.1, 0.15) is 5.37 Å². The highest BCUT2D eigenvalue weighted by atomic mass is 32.2. The van der Waals surface area contributed by atoms with E-state index < -0.39 is 37.7 Å². The van der Waals surface area contributed by atoms with Crippen molar-refractivity contribution >= 4 is 50.3 Å². The van der Waals surface area contributed by atoms with Crippen molar-refractivity contribution in [3.05, 3.63) is 9.93 Å². The summed E-state index contributed by atoms with van der Waals surface area (Å²) < 4.78 is 6.86. The fourth-order valence-electron chi connectivity index (χ4n) is 3.55. The van der Waals surface area contributed by atoms with E-state index in [0.29, 0.717) is 10.7 Å². The van der Waals surface area contributed by atoms with Crippen molar-refractivity contribution in [1.29, 1.82) is 0 Å². The number of carboxylic acids is 1. The third-order valence-corrected chi connectivity index (χ3v) is 9.34. The molecule has 0 aromatic heterocycles. The fourth-order valence-corrected chi connectivity index (χ4v) is 8.07. The lowest BCUT2D eigenvalue weighted by Gasteiger charge is -2.56. The Kier molecular flexibility index (Phi) is 6.69. The van der Waals surface area contributed by atoms with E-state index in [1.807, 2.05) is 34.6 Å². The van der Waals surface area contributed by atoms with Crippen LogP contribution in [0.25, 0.3) is 0 Å². The number of hydrogen-bond acceptors (Lipinski definition) is 6. The van der Waals surface area contributed by atoms with Gasteiger partial charge in [-0.1, -0.05) is 39.5 Å². The lowest BCUT2D eigenvalue weighted by atomic mass is 9.66. The van der Waals surface area contributed by atoms with Gasteiger partial charge < -0.3 is 15.3 Å². The number of hydrogen-bond donors (Lipinski definition) is 2. The van der Waals surface area contributed by atoms with Crippen LogP contribution < -0.4 is 5.73 Å². The summed E-state index contributed by atoms with van der Waals surface area (Å²) >= 11 is 2.48. The number of carbonyl (C=O) groups excluding carboxylic acids is 2. The Bertz CT molecular complexity index is 721. The van der Waals surface area contributed by atoms with Crippen LogP contribution >= 0.6 is 23.5 Å². The van der Waals surface area contributed by atoms with Gasteiger partial charge in [-0.2, -0.15) is 0 Å². The van der Waals surface area contributed by atoms with Crippen LogP contribution in [0, 0.1) is 11.3 Å². The summed E-state index contributed by atoms with van der Waals surface area (Å²) in [7, 11) is -1.47. The zero-order valence-electron chi connectivity index (χ0n) is 17.4. The molecule has 0 aliphatic carbocycles. The first-order valence-electron chi connectivity index (χ1n) is 9.37. The van der Waals surface area contributed by atoms with Crippen molar-refractivity contribution in [3.8, 4) is 0 Å². The van der Waals surface area contributed by atoms with E-state index in [1.54, 1.807) is 0 Å². The zero-order chi connectivity index (χ0) is 21.6. The first kappa shape index (κ1) is 23.3. The summed E-state index contributed by atoms with van der Waals surface area (Å²) in [5.74, 6) is -2.34. The first-order valence-corrected chi connectivity index (χ1v) is 13.9. The molecule has 2 amide bonds. The maximum Gasteiger partial charge on any atom is 0.354 e. The second-order valence-electron chi connectivity index (χ2n) is 8.58. The van der Waals surface area contributed by atoms with Crippen molar-refractivity contribution in [2.45, 2.75) is 70.4 Å². The van der Waals surface area contributed by atoms with E-state index in [4.69, 9.17) is 10.2 Å². The minimum atomic E-state index is -1.47. The molecule has 3 N–H and O–H groups in total. The van der Waals surface area contributed by atoms with E-state index in [0.717, 1.165) is 11.8 Å². The molecule has 2 heterocycles. The second-order valence-corrected chi connectivity index (χ2v) is 13.5. The Morgan fingerprint density at radius 2 is 1.93 bits per heavy atom. The smallest absolute Gasteiger partial charge is 0.354 e. The number of rotatable bonds is 8. The molecule has 28 heavy (non-hydrogen) atoms. The number of carbonyl (C=O) groups is 3. The maximum atomic E-state index is 13.1. The maximum absolute atomic E-state index is 13.1. The molecule has 0 radical (unpaired) electrons. The number of thioether (sulfide) groups is 2. The summed E-state index contributed by atoms with van der Waals surface area (Å²) in [6, 6.07) is 0. The lowest BCUT2D eigenvalue weighted by molar-refractivity contribution is -0.173. The molecular weight excluding hydrogens is 416 g/mol. The number of nitrogens with two attached hydrogens (primary N) is 1. The van der Waals surface area contributed by atoms with Crippen molar-refractivity contribution in [2.24, 2.45) is 17.1 Å². The van der Waals surface area contributed by atoms with Gasteiger partial charge in [0.15, 0.2) is 14.7 Å². The molecule has 10 heteroatoms. The number of fused-ring (bicyclic) bond motifs is 1. The predicted molar refractivity (Wildman–Crippen MR) is 115 cm³/mol. The van der Waals surface area contributed by atoms with Crippen LogP contribution in [0.1, 0.15) is 41.0 Å². The predicted octanol–water partition coefficient (Wildman–Crippen LogP) is 2.57. The zero-order valence-corrected chi connectivity index (χ0v) is 20.2. The van der Waals surface area contributed by atoms with Gasteiger partial charge in [-0.05, 0) is 31.9 Å². The molecule has 2 unspecified atom stereocenters. The van der Waals surface area contributed by atoms with Crippen LogP contribution in [0.15, 0.2) is 9.93 Å². The van der Waals surface area contributed by atoms with Gasteiger partial charge in [0.05, 0.1) is 21.0 Å². The number of β-lactam (4-membered cyclic amide) rings is 1. The molecule has 1 fully saturated rings. The summed E-state index contributed by atoms with van der Waals surface area (Å²) in [6.45, 7) is 14.0. The Labute approximate surface area is 176 Å². The van der Waals surface area contributed by atoms with Gasteiger partial charge in [0, 0.05) is 0 Å². The summed E-state index contributed by atoms with van der Waals surface area (Å²) in [4.78, 5) is 38.0. The van der Waals surface area contributed by atoms with Crippen LogP contribution in [0.3, 0.4) is 0 Å². The van der Waals surface area contributed by atoms with Crippen LogP contribution in [0.2, 0.25) is 13.1 Å². The van der Waals surface area contributed by atoms with Crippen LogP contribution in [0.5, 0.6) is 0 Å². The third-order valence-electron chi connectivity index (χ3n) is 5.41. The van der Waals surface area contributed by atoms with E-state index in [9.17, 15) is 19.5 Å². The standard InChI is InChI=1S/C18H30N2O5S2Si/c1-8-9(12(19)21)26-16-11(15(23)24)20-13(22)10(14(20)27-16)18(5,17(2,3)4)25-28(6)7/h9-10,14,28H,8H2,1-7H3,(H2,19,21)(H,23,24)/t9?,10-,14-,18?/m0/s1. The van der Waals surface area contributed by atoms with Gasteiger partial charge in [-0.3, -0.25) is 14.5 Å². The highest BCUT2D eigenvalue weighted by Gasteiger charge is 2.65. The summed E-state index contributed by atoms with van der Waals surface area (Å²) in [6.07, 6.45) is 0.487. The molecule has 0 bridgehead atoms. The Morgan fingerprint density at radius 3 is 2.32 bits per heavy atom. The first-order chi connectivity index (χ1) is 12.8. The molecule has 2 aliphatic heterocycles. The topological polar surface area (TPSA) is 110 Å². The summed E-state index contributed by atoms with van der Waals surface area (Å²) in [5.41, 5.74) is 4.37. The summed E-state index contributed by atoms with van der Waals surface area (Å²) in [5, 5.41) is 8.85. The molecule has 0 aromatic carbocycles. The van der Waals surface area contributed by atoms with E-state index in [-0.39, 0.29) is 22.4 Å². The SMILES string of the molecule is CCC(SC1=C(C(=O)O)N2C(=O)[C@H](C(C)(O[SiH](C)C)C(C)(C)C)[C@@H]2S1)C(N)=O. The normalized spacial score (nSPS) is 25.4. The molecule has 0 aromatic rings. The van der Waals surface area contributed by atoms with Crippen molar-refractivity contribution in [2.75, 3.05) is 0 Å². The molecular formula is C18H30N2O5S2Si. The Hall–Kier alpha value is -0.973. The van der Waals surface area contributed by atoms with Gasteiger partial charge in [0.2, 0.25) is 11.8 Å². The highest BCUT2D eigenvalue weighted by Crippen LogP contribution is 2.59.